The molecule has 2 aromatic heterocycles. The molecular formula is C24H20F2N4O3. The molecule has 1 atom stereocenters. The topological polar surface area (TPSA) is 78.7 Å². The predicted molar refractivity (Wildman–Crippen MR) is 116 cm³/mol. The Labute approximate surface area is 187 Å². The molecule has 0 aliphatic carbocycles. The molecule has 168 valence electrons. The summed E-state index contributed by atoms with van der Waals surface area (Å²) in [4.78, 5) is 30.8. The first kappa shape index (κ1) is 20.9. The SMILES string of the molecule is O=C1c2c(O)c(=O)ccn2N2CN1C/C=C\CCc1c(F)cccc1C2c1cccc(F)n1. The van der Waals surface area contributed by atoms with E-state index in [4.69, 9.17) is 0 Å². The van der Waals surface area contributed by atoms with E-state index in [0.717, 1.165) is 6.07 Å². The number of aromatic nitrogens is 2. The van der Waals surface area contributed by atoms with Gasteiger partial charge in [-0.25, -0.2) is 9.37 Å². The van der Waals surface area contributed by atoms with Gasteiger partial charge in [-0.2, -0.15) is 4.39 Å². The van der Waals surface area contributed by atoms with E-state index in [-0.39, 0.29) is 18.9 Å². The molecule has 0 fully saturated rings. The average Bonchev–Trinajstić information content (AvgIpc) is 2.82. The van der Waals surface area contributed by atoms with E-state index in [1.54, 1.807) is 29.3 Å². The third-order valence-electron chi connectivity index (χ3n) is 5.95. The third-order valence-corrected chi connectivity index (χ3v) is 5.95. The molecule has 1 unspecified atom stereocenters. The van der Waals surface area contributed by atoms with Gasteiger partial charge < -0.3 is 10.0 Å². The number of hydrogen-bond acceptors (Lipinski definition) is 5. The second kappa shape index (κ2) is 8.16. The van der Waals surface area contributed by atoms with Crippen LogP contribution in [0.5, 0.6) is 5.75 Å². The Balaban J connectivity index is 1.83. The fourth-order valence-corrected chi connectivity index (χ4v) is 4.43. The molecule has 33 heavy (non-hydrogen) atoms. The van der Waals surface area contributed by atoms with Gasteiger partial charge in [-0.15, -0.1) is 0 Å². The standard InChI is InChI=1S/C24H20F2N4O3/c25-17-8-4-7-16-15(17)6-2-1-3-12-28-14-30(21(16)18-9-5-10-20(26)27-18)29-13-11-19(31)23(32)22(29)24(28)33/h1,3-5,7-11,13,21,32H,2,6,12,14H2/b3-1-. The van der Waals surface area contributed by atoms with Crippen molar-refractivity contribution < 1.29 is 18.7 Å². The van der Waals surface area contributed by atoms with Crippen molar-refractivity contribution in [1.29, 1.82) is 0 Å². The van der Waals surface area contributed by atoms with Crippen LogP contribution >= 0.6 is 0 Å². The number of fused-ring (bicyclic) bond motifs is 5. The van der Waals surface area contributed by atoms with E-state index in [1.165, 1.54) is 34.0 Å². The van der Waals surface area contributed by atoms with Crippen LogP contribution in [0.3, 0.4) is 0 Å². The zero-order valence-corrected chi connectivity index (χ0v) is 17.5. The number of pyridine rings is 2. The van der Waals surface area contributed by atoms with Crippen LogP contribution in [0.25, 0.3) is 0 Å². The average molecular weight is 450 g/mol. The van der Waals surface area contributed by atoms with Gasteiger partial charge in [0.05, 0.1) is 5.69 Å². The van der Waals surface area contributed by atoms with Crippen molar-refractivity contribution in [2.45, 2.75) is 18.9 Å². The summed E-state index contributed by atoms with van der Waals surface area (Å²) in [5.74, 6) is -2.29. The van der Waals surface area contributed by atoms with Gasteiger partial charge in [0.25, 0.3) is 5.91 Å². The first-order valence-electron chi connectivity index (χ1n) is 10.5. The number of rotatable bonds is 1. The quantitative estimate of drug-likeness (QED) is 0.456. The van der Waals surface area contributed by atoms with Gasteiger partial charge in [0.2, 0.25) is 11.4 Å². The van der Waals surface area contributed by atoms with E-state index < -0.39 is 34.9 Å². The monoisotopic (exact) mass is 450 g/mol. The Hall–Kier alpha value is -4.01. The van der Waals surface area contributed by atoms with Crippen molar-refractivity contribution in [2.24, 2.45) is 0 Å². The van der Waals surface area contributed by atoms with Crippen molar-refractivity contribution in [2.75, 3.05) is 18.2 Å². The minimum atomic E-state index is -0.805. The number of nitrogens with zero attached hydrogens (tertiary/aromatic N) is 4. The highest BCUT2D eigenvalue weighted by Crippen LogP contribution is 2.34. The summed E-state index contributed by atoms with van der Waals surface area (Å²) < 4.78 is 30.6. The first-order chi connectivity index (χ1) is 16.0. The Morgan fingerprint density at radius 1 is 1.03 bits per heavy atom. The van der Waals surface area contributed by atoms with Crippen molar-refractivity contribution in [3.63, 3.8) is 0 Å². The van der Waals surface area contributed by atoms with Crippen LogP contribution < -0.4 is 10.4 Å². The van der Waals surface area contributed by atoms with Crippen LogP contribution in [0, 0.1) is 11.8 Å². The lowest BCUT2D eigenvalue weighted by Gasteiger charge is -2.43. The maximum Gasteiger partial charge on any atom is 0.278 e. The maximum atomic E-state index is 15.0. The largest absolute Gasteiger partial charge is 0.502 e. The molecule has 4 heterocycles. The molecule has 0 radical (unpaired) electrons. The lowest BCUT2D eigenvalue weighted by molar-refractivity contribution is 0.0700. The minimum Gasteiger partial charge on any atom is -0.502 e. The zero-order valence-electron chi connectivity index (χ0n) is 17.5. The van der Waals surface area contributed by atoms with Gasteiger partial charge >= 0.3 is 0 Å². The number of aromatic hydroxyl groups is 1. The van der Waals surface area contributed by atoms with Crippen LogP contribution in [0.1, 0.15) is 39.8 Å². The number of amides is 1. The predicted octanol–water partition coefficient (Wildman–Crippen LogP) is 2.87. The molecule has 9 heteroatoms. The number of halogens is 2. The number of allylic oxidation sites excluding steroid dienone is 1. The fourth-order valence-electron chi connectivity index (χ4n) is 4.43. The minimum absolute atomic E-state index is 0.0390. The number of benzene rings is 1. The van der Waals surface area contributed by atoms with Crippen molar-refractivity contribution >= 4 is 5.91 Å². The van der Waals surface area contributed by atoms with Crippen LogP contribution in [0.15, 0.2) is 65.6 Å². The highest BCUT2D eigenvalue weighted by molar-refractivity contribution is 5.96. The van der Waals surface area contributed by atoms with Crippen LogP contribution in [0.4, 0.5) is 8.78 Å². The molecule has 5 rings (SSSR count). The molecule has 1 aromatic carbocycles. The van der Waals surface area contributed by atoms with Gasteiger partial charge in [0.15, 0.2) is 11.4 Å². The van der Waals surface area contributed by atoms with E-state index in [2.05, 4.69) is 4.98 Å². The third kappa shape index (κ3) is 3.55. The van der Waals surface area contributed by atoms with Crippen molar-refractivity contribution in [3.05, 3.63) is 105 Å². The Morgan fingerprint density at radius 3 is 2.67 bits per heavy atom. The summed E-state index contributed by atoms with van der Waals surface area (Å²) in [5.41, 5.74) is 0.411. The Morgan fingerprint density at radius 2 is 1.85 bits per heavy atom. The highest BCUT2D eigenvalue weighted by Gasteiger charge is 2.37. The van der Waals surface area contributed by atoms with E-state index >= 15 is 0 Å². The van der Waals surface area contributed by atoms with E-state index in [9.17, 15) is 23.5 Å². The fraction of sp³-hybridized carbons (Fsp3) is 0.208. The molecule has 0 spiro atoms. The molecule has 2 bridgehead atoms. The summed E-state index contributed by atoms with van der Waals surface area (Å²) in [6.45, 7) is 0.261. The first-order valence-corrected chi connectivity index (χ1v) is 10.5. The Kier molecular flexibility index (Phi) is 5.16. The molecule has 2 aliphatic heterocycles. The lowest BCUT2D eigenvalue weighted by atomic mass is 9.93. The zero-order chi connectivity index (χ0) is 23.1. The van der Waals surface area contributed by atoms with Crippen LogP contribution in [-0.2, 0) is 6.42 Å². The lowest BCUT2D eigenvalue weighted by Crippen LogP contribution is -2.55. The van der Waals surface area contributed by atoms with Crippen LogP contribution in [-0.4, -0.2) is 38.8 Å². The van der Waals surface area contributed by atoms with Gasteiger partial charge in [-0.3, -0.25) is 19.3 Å². The van der Waals surface area contributed by atoms with Crippen molar-refractivity contribution in [1.82, 2.24) is 14.6 Å². The molecule has 1 N–H and O–H groups in total. The second-order valence-corrected chi connectivity index (χ2v) is 7.94. The van der Waals surface area contributed by atoms with Crippen molar-refractivity contribution in [3.8, 4) is 5.75 Å². The number of carbonyl (C=O) groups is 1. The normalized spacial score (nSPS) is 18.8. The molecular weight excluding hydrogens is 430 g/mol. The second-order valence-electron chi connectivity index (χ2n) is 7.94. The van der Waals surface area contributed by atoms with E-state index in [1.807, 2.05) is 6.08 Å². The molecule has 1 amide bonds. The van der Waals surface area contributed by atoms with Crippen LogP contribution in [0.2, 0.25) is 0 Å². The molecule has 7 nitrogen and oxygen atoms in total. The summed E-state index contributed by atoms with van der Waals surface area (Å²) in [5, 5.41) is 12.2. The smallest absolute Gasteiger partial charge is 0.278 e. The van der Waals surface area contributed by atoms with E-state index in [0.29, 0.717) is 29.7 Å². The van der Waals surface area contributed by atoms with Gasteiger partial charge in [0, 0.05) is 18.8 Å². The summed E-state index contributed by atoms with van der Waals surface area (Å²) in [7, 11) is 0. The molecule has 3 aromatic rings. The van der Waals surface area contributed by atoms with Gasteiger partial charge in [-0.1, -0.05) is 30.4 Å². The van der Waals surface area contributed by atoms with Gasteiger partial charge in [-0.05, 0) is 42.2 Å². The van der Waals surface area contributed by atoms with Gasteiger partial charge in [0.1, 0.15) is 18.5 Å². The highest BCUT2D eigenvalue weighted by atomic mass is 19.1. The summed E-state index contributed by atoms with van der Waals surface area (Å²) in [6.07, 6.45) is 5.98. The molecule has 0 saturated carbocycles. The number of carbonyl (C=O) groups excluding carboxylic acids is 1. The summed E-state index contributed by atoms with van der Waals surface area (Å²) >= 11 is 0. The molecule has 2 aliphatic rings. The maximum absolute atomic E-state index is 15.0. The molecule has 0 saturated heterocycles. The number of hydrogen-bond donors (Lipinski definition) is 1. The summed E-state index contributed by atoms with van der Waals surface area (Å²) in [6, 6.07) is 9.40. The Bertz CT molecular complexity index is 1340.